The molecule has 1 aromatic heterocycles. The second-order valence-corrected chi connectivity index (χ2v) is 5.95. The second-order valence-electron chi connectivity index (χ2n) is 5.95. The zero-order valence-corrected chi connectivity index (χ0v) is 15.7. The maximum Gasteiger partial charge on any atom is 0.573 e. The second kappa shape index (κ2) is 9.43. The normalized spacial score (nSPS) is 11.3. The van der Waals surface area contributed by atoms with E-state index in [0.29, 0.717) is 17.7 Å². The van der Waals surface area contributed by atoms with E-state index in [2.05, 4.69) is 26.9 Å². The minimum absolute atomic E-state index is 0.233. The van der Waals surface area contributed by atoms with Crippen LogP contribution in [0.3, 0.4) is 0 Å². The van der Waals surface area contributed by atoms with Gasteiger partial charge in [-0.05, 0) is 25.0 Å². The molecule has 0 amide bonds. The van der Waals surface area contributed by atoms with E-state index in [0.717, 1.165) is 37.3 Å². The number of unbranched alkanes of at least 4 members (excludes halogenated alkanes) is 2. The van der Waals surface area contributed by atoms with E-state index in [1.54, 1.807) is 6.20 Å². The molecule has 0 unspecified atom stereocenters. The minimum Gasteiger partial charge on any atom is -0.496 e. The molecule has 0 spiro atoms. The molecule has 1 N–H and O–H groups in total. The topological polar surface area (TPSA) is 56.3 Å². The van der Waals surface area contributed by atoms with Gasteiger partial charge in [-0.3, -0.25) is 0 Å². The summed E-state index contributed by atoms with van der Waals surface area (Å²) in [5.41, 5.74) is 1.87. The van der Waals surface area contributed by atoms with Crippen molar-refractivity contribution in [3.05, 3.63) is 30.1 Å². The monoisotopic (exact) mass is 383 g/mol. The molecule has 5 nitrogen and oxygen atoms in total. The third kappa shape index (κ3) is 6.01. The number of methoxy groups -OCH3 is 1. The first-order valence-corrected chi connectivity index (χ1v) is 8.91. The molecule has 2 aromatic rings. The highest BCUT2D eigenvalue weighted by Gasteiger charge is 2.31. The van der Waals surface area contributed by atoms with Gasteiger partial charge in [0.25, 0.3) is 0 Å². The summed E-state index contributed by atoms with van der Waals surface area (Å²) in [6.07, 6.45) is 0.840. The fourth-order valence-corrected chi connectivity index (χ4v) is 2.61. The van der Waals surface area contributed by atoms with Crippen molar-refractivity contribution in [3.8, 4) is 22.8 Å². The van der Waals surface area contributed by atoms with Gasteiger partial charge in [-0.25, -0.2) is 9.97 Å². The Morgan fingerprint density at radius 1 is 1.15 bits per heavy atom. The Kier molecular flexibility index (Phi) is 7.27. The molecule has 0 saturated carbocycles. The average molecular weight is 383 g/mol. The lowest BCUT2D eigenvalue weighted by molar-refractivity contribution is -0.274. The average Bonchev–Trinajstić information content (AvgIpc) is 2.64. The summed E-state index contributed by atoms with van der Waals surface area (Å²) in [7, 11) is 1.38. The van der Waals surface area contributed by atoms with Crippen LogP contribution >= 0.6 is 0 Å². The number of rotatable bonds is 9. The Morgan fingerprint density at radius 3 is 2.56 bits per heavy atom. The lowest BCUT2D eigenvalue weighted by atomic mass is 10.1. The summed E-state index contributed by atoms with van der Waals surface area (Å²) >= 11 is 0. The first-order valence-electron chi connectivity index (χ1n) is 8.91. The molecule has 0 bridgehead atoms. The molecule has 27 heavy (non-hydrogen) atoms. The van der Waals surface area contributed by atoms with Gasteiger partial charge in [-0.1, -0.05) is 26.7 Å². The third-order valence-corrected chi connectivity index (χ3v) is 3.93. The Hall–Kier alpha value is -2.51. The number of aryl methyl sites for hydroxylation is 1. The van der Waals surface area contributed by atoms with E-state index >= 15 is 0 Å². The summed E-state index contributed by atoms with van der Waals surface area (Å²) in [5.74, 6) is 0.617. The highest BCUT2D eigenvalue weighted by atomic mass is 19.4. The summed E-state index contributed by atoms with van der Waals surface area (Å²) in [6.45, 7) is 4.94. The molecular weight excluding hydrogens is 359 g/mol. The van der Waals surface area contributed by atoms with Crippen molar-refractivity contribution < 1.29 is 22.6 Å². The number of benzene rings is 1. The van der Waals surface area contributed by atoms with Crippen LogP contribution < -0.4 is 14.8 Å². The zero-order valence-electron chi connectivity index (χ0n) is 15.7. The maximum atomic E-state index is 12.4. The number of nitrogens with zero attached hydrogens (tertiary/aromatic N) is 2. The van der Waals surface area contributed by atoms with Crippen LogP contribution in [0.4, 0.5) is 19.0 Å². The molecule has 2 rings (SSSR count). The lowest BCUT2D eigenvalue weighted by Gasteiger charge is -2.14. The molecule has 148 valence electrons. The smallest absolute Gasteiger partial charge is 0.496 e. The molecule has 8 heteroatoms. The van der Waals surface area contributed by atoms with Gasteiger partial charge in [-0.2, -0.15) is 0 Å². The maximum absolute atomic E-state index is 12.4. The van der Waals surface area contributed by atoms with Gasteiger partial charge in [0, 0.05) is 18.2 Å². The molecule has 0 radical (unpaired) electrons. The van der Waals surface area contributed by atoms with Crippen molar-refractivity contribution in [2.45, 2.75) is 45.9 Å². The van der Waals surface area contributed by atoms with E-state index in [-0.39, 0.29) is 11.5 Å². The van der Waals surface area contributed by atoms with Crippen LogP contribution in [0.15, 0.2) is 24.4 Å². The fourth-order valence-electron chi connectivity index (χ4n) is 2.61. The van der Waals surface area contributed by atoms with Crippen molar-refractivity contribution in [2.75, 3.05) is 19.0 Å². The number of ether oxygens (including phenoxy) is 2. The number of halogens is 3. The van der Waals surface area contributed by atoms with Crippen LogP contribution in [0, 0.1) is 0 Å². The molecule has 0 saturated heterocycles. The van der Waals surface area contributed by atoms with Crippen LogP contribution in [0.1, 0.15) is 38.8 Å². The first-order chi connectivity index (χ1) is 12.9. The predicted octanol–water partition coefficient (Wildman–Crippen LogP) is 5.22. The van der Waals surface area contributed by atoms with Gasteiger partial charge in [-0.15, -0.1) is 13.2 Å². The standard InChI is InChI=1S/C19H24F3N3O2/c1-4-6-7-10-23-18-15(5-2)25-16(12-24-18)14-9-8-13(11-17(14)26-3)27-19(20,21)22/h8-9,11-12H,4-7,10H2,1-3H3,(H,23,24). The van der Waals surface area contributed by atoms with E-state index < -0.39 is 6.36 Å². The van der Waals surface area contributed by atoms with Crippen LogP contribution in [0.5, 0.6) is 11.5 Å². The highest BCUT2D eigenvalue weighted by Crippen LogP contribution is 2.34. The molecule has 1 aromatic carbocycles. The number of anilines is 1. The van der Waals surface area contributed by atoms with E-state index in [4.69, 9.17) is 4.74 Å². The summed E-state index contributed by atoms with van der Waals surface area (Å²) in [4.78, 5) is 9.05. The van der Waals surface area contributed by atoms with Crippen molar-refractivity contribution in [1.82, 2.24) is 9.97 Å². The number of alkyl halides is 3. The first kappa shape index (κ1) is 20.8. The fraction of sp³-hybridized carbons (Fsp3) is 0.474. The Balaban J connectivity index is 2.26. The Labute approximate surface area is 156 Å². The van der Waals surface area contributed by atoms with Crippen LogP contribution in [-0.2, 0) is 6.42 Å². The van der Waals surface area contributed by atoms with Crippen molar-refractivity contribution in [2.24, 2.45) is 0 Å². The molecule has 0 aliphatic rings. The van der Waals surface area contributed by atoms with E-state index in [1.165, 1.54) is 25.3 Å². The van der Waals surface area contributed by atoms with Gasteiger partial charge < -0.3 is 14.8 Å². The SMILES string of the molecule is CCCCCNc1ncc(-c2ccc(OC(F)(F)F)cc2OC)nc1CC. The van der Waals surface area contributed by atoms with Gasteiger partial charge in [0.05, 0.1) is 24.7 Å². The van der Waals surface area contributed by atoms with Crippen LogP contribution in [0.25, 0.3) is 11.3 Å². The third-order valence-electron chi connectivity index (χ3n) is 3.93. The number of aromatic nitrogens is 2. The van der Waals surface area contributed by atoms with E-state index in [9.17, 15) is 13.2 Å². The highest BCUT2D eigenvalue weighted by molar-refractivity contribution is 5.69. The summed E-state index contributed by atoms with van der Waals surface area (Å²) < 4.78 is 46.4. The van der Waals surface area contributed by atoms with Crippen LogP contribution in [-0.4, -0.2) is 30.0 Å². The van der Waals surface area contributed by atoms with Crippen LogP contribution in [0.2, 0.25) is 0 Å². The Bertz CT molecular complexity index is 751. The molecular formula is C19H24F3N3O2. The van der Waals surface area contributed by atoms with Gasteiger partial charge in [0.2, 0.25) is 0 Å². The predicted molar refractivity (Wildman–Crippen MR) is 98.1 cm³/mol. The summed E-state index contributed by atoms with van der Waals surface area (Å²) in [5, 5.41) is 3.29. The van der Waals surface area contributed by atoms with E-state index in [1.807, 2.05) is 6.92 Å². The summed E-state index contributed by atoms with van der Waals surface area (Å²) in [6, 6.07) is 3.90. The van der Waals surface area contributed by atoms with Crippen molar-refractivity contribution in [3.63, 3.8) is 0 Å². The zero-order chi connectivity index (χ0) is 19.9. The largest absolute Gasteiger partial charge is 0.573 e. The van der Waals surface area contributed by atoms with Gasteiger partial charge in [0.15, 0.2) is 0 Å². The quantitative estimate of drug-likeness (QED) is 0.602. The molecule has 0 aliphatic heterocycles. The van der Waals surface area contributed by atoms with Gasteiger partial charge >= 0.3 is 6.36 Å². The number of hydrogen-bond acceptors (Lipinski definition) is 5. The lowest BCUT2D eigenvalue weighted by Crippen LogP contribution is -2.17. The molecule has 1 heterocycles. The van der Waals surface area contributed by atoms with Gasteiger partial charge in [0.1, 0.15) is 17.3 Å². The number of hydrogen-bond donors (Lipinski definition) is 1. The number of nitrogens with one attached hydrogen (secondary N) is 1. The molecule has 0 atom stereocenters. The minimum atomic E-state index is -4.76. The molecule has 0 fully saturated rings. The molecule has 0 aliphatic carbocycles. The van der Waals surface area contributed by atoms with Crippen molar-refractivity contribution >= 4 is 5.82 Å². The Morgan fingerprint density at radius 2 is 1.93 bits per heavy atom. The van der Waals surface area contributed by atoms with Crippen molar-refractivity contribution in [1.29, 1.82) is 0 Å².